The molecule has 0 spiro atoms. The average molecular weight is 272 g/mol. The van der Waals surface area contributed by atoms with Crippen LogP contribution in [-0.4, -0.2) is 23.2 Å². The van der Waals surface area contributed by atoms with Gasteiger partial charge in [-0.05, 0) is 38.5 Å². The second kappa shape index (κ2) is 3.02. The molecule has 3 fully saturated rings. The highest BCUT2D eigenvalue weighted by Crippen LogP contribution is 2.73. The zero-order valence-electron chi connectivity index (χ0n) is 12.9. The molecule has 108 valence electrons. The number of azo groups is 2. The molecule has 0 amide bonds. The van der Waals surface area contributed by atoms with E-state index in [1.807, 2.05) is 0 Å². The van der Waals surface area contributed by atoms with Gasteiger partial charge < -0.3 is 0 Å². The van der Waals surface area contributed by atoms with E-state index in [1.165, 1.54) is 19.3 Å². The van der Waals surface area contributed by atoms with Crippen molar-refractivity contribution in [2.75, 3.05) is 0 Å². The maximum Gasteiger partial charge on any atom is 0.0916 e. The van der Waals surface area contributed by atoms with Crippen LogP contribution in [0, 0.1) is 29.1 Å². The Balaban J connectivity index is 1.73. The third-order valence-corrected chi connectivity index (χ3v) is 8.25. The lowest BCUT2D eigenvalue weighted by atomic mass is 9.59. The van der Waals surface area contributed by atoms with Gasteiger partial charge in [0.2, 0.25) is 0 Å². The van der Waals surface area contributed by atoms with Crippen molar-refractivity contribution in [3.63, 3.8) is 0 Å². The minimum Gasteiger partial charge on any atom is -0.190 e. The Morgan fingerprint density at radius 3 is 1.65 bits per heavy atom. The van der Waals surface area contributed by atoms with Gasteiger partial charge in [0.05, 0.1) is 23.2 Å². The summed E-state index contributed by atoms with van der Waals surface area (Å²) in [7, 11) is 0. The van der Waals surface area contributed by atoms with Gasteiger partial charge in [-0.15, -0.1) is 0 Å². The average Bonchev–Trinajstić information content (AvgIpc) is 3.02. The summed E-state index contributed by atoms with van der Waals surface area (Å²) in [5.74, 6) is 2.71. The summed E-state index contributed by atoms with van der Waals surface area (Å²) in [6, 6.07) is 0.839. The summed E-state index contributed by atoms with van der Waals surface area (Å²) in [6.07, 6.45) is 4.09. The van der Waals surface area contributed by atoms with E-state index >= 15 is 0 Å². The molecule has 0 aromatic rings. The van der Waals surface area contributed by atoms with Crippen LogP contribution in [0.1, 0.15) is 47.0 Å². The third-order valence-electron chi connectivity index (χ3n) is 8.25. The third kappa shape index (κ3) is 0.890. The molecule has 0 radical (unpaired) electrons. The Morgan fingerprint density at radius 1 is 0.750 bits per heavy atom. The zero-order chi connectivity index (χ0) is 13.9. The van der Waals surface area contributed by atoms with E-state index < -0.39 is 0 Å². The molecule has 4 nitrogen and oxygen atoms in total. The van der Waals surface area contributed by atoms with Crippen LogP contribution in [0.2, 0.25) is 0 Å². The highest BCUT2D eigenvalue weighted by molar-refractivity contribution is 5.33. The van der Waals surface area contributed by atoms with Crippen LogP contribution in [0.25, 0.3) is 0 Å². The highest BCUT2D eigenvalue weighted by atomic mass is 15.3. The molecule has 6 aliphatic rings. The molecule has 3 aliphatic carbocycles. The summed E-state index contributed by atoms with van der Waals surface area (Å²) in [5, 5.41) is 19.1. The van der Waals surface area contributed by atoms with Gasteiger partial charge in [0.1, 0.15) is 0 Å². The predicted molar refractivity (Wildman–Crippen MR) is 75.7 cm³/mol. The largest absolute Gasteiger partial charge is 0.190 e. The lowest BCUT2D eigenvalue weighted by Crippen LogP contribution is -2.58. The van der Waals surface area contributed by atoms with Crippen LogP contribution in [0.4, 0.5) is 0 Å². The Bertz CT molecular complexity index is 509. The quantitative estimate of drug-likeness (QED) is 0.642. The first-order chi connectivity index (χ1) is 9.42. The minimum atomic E-state index is -0.0394. The Labute approximate surface area is 120 Å². The summed E-state index contributed by atoms with van der Waals surface area (Å²) in [6.45, 7) is 9.43. The first-order valence-electron chi connectivity index (χ1n) is 8.26. The molecule has 3 aliphatic heterocycles. The highest BCUT2D eigenvalue weighted by Gasteiger charge is 2.79. The number of hydrogen-bond acceptors (Lipinski definition) is 4. The monoisotopic (exact) mass is 272 g/mol. The van der Waals surface area contributed by atoms with Gasteiger partial charge in [-0.25, -0.2) is 0 Å². The van der Waals surface area contributed by atoms with Crippen molar-refractivity contribution in [1.29, 1.82) is 0 Å². The van der Waals surface area contributed by atoms with Crippen molar-refractivity contribution >= 4 is 0 Å². The fourth-order valence-corrected chi connectivity index (χ4v) is 6.59. The molecule has 4 heteroatoms. The Morgan fingerprint density at radius 2 is 1.20 bits per heavy atom. The van der Waals surface area contributed by atoms with Crippen LogP contribution in [-0.2, 0) is 0 Å². The van der Waals surface area contributed by atoms with Crippen molar-refractivity contribution in [1.82, 2.24) is 0 Å². The molecule has 0 aromatic carbocycles. The van der Waals surface area contributed by atoms with Crippen molar-refractivity contribution in [3.05, 3.63) is 0 Å². The van der Waals surface area contributed by atoms with Crippen LogP contribution in [0.15, 0.2) is 20.5 Å². The normalized spacial score (nSPS) is 63.8. The van der Waals surface area contributed by atoms with E-state index in [2.05, 4.69) is 27.7 Å². The number of fused-ring (bicyclic) bond motifs is 2. The number of nitrogens with zero attached hydrogens (tertiary/aromatic N) is 4. The summed E-state index contributed by atoms with van der Waals surface area (Å²) < 4.78 is 0. The van der Waals surface area contributed by atoms with Gasteiger partial charge in [0.15, 0.2) is 0 Å². The van der Waals surface area contributed by atoms with Gasteiger partial charge in [0, 0.05) is 17.3 Å². The van der Waals surface area contributed by atoms with E-state index in [0.29, 0.717) is 23.9 Å². The maximum absolute atomic E-state index is 4.80. The standard InChI is InChI=1S/C16H24N4/c1-14(2)15(3)10-11(16(14,4)20-19-15)13-9-7-5-6-8(9)12(10)17-18-13/h8-13H,5-7H2,1-4H3/t8-,9+,10+,11-,12-,13+,15-,16+. The van der Waals surface area contributed by atoms with E-state index in [-0.39, 0.29) is 16.5 Å². The van der Waals surface area contributed by atoms with Crippen LogP contribution >= 0.6 is 0 Å². The van der Waals surface area contributed by atoms with Crippen molar-refractivity contribution < 1.29 is 0 Å². The molecule has 0 aromatic heterocycles. The topological polar surface area (TPSA) is 49.4 Å². The second-order valence-electron chi connectivity index (χ2n) is 8.64. The number of hydrogen-bond donors (Lipinski definition) is 0. The van der Waals surface area contributed by atoms with E-state index in [0.717, 1.165) is 11.8 Å². The fraction of sp³-hybridized carbons (Fsp3) is 1.00. The van der Waals surface area contributed by atoms with E-state index in [4.69, 9.17) is 20.5 Å². The predicted octanol–water partition coefficient (Wildman–Crippen LogP) is 3.87. The van der Waals surface area contributed by atoms with Gasteiger partial charge in [-0.2, -0.15) is 20.5 Å². The minimum absolute atomic E-state index is 0.0394. The van der Waals surface area contributed by atoms with Crippen molar-refractivity contribution in [3.8, 4) is 0 Å². The molecule has 4 bridgehead atoms. The van der Waals surface area contributed by atoms with E-state index in [9.17, 15) is 0 Å². The van der Waals surface area contributed by atoms with Crippen LogP contribution < -0.4 is 0 Å². The molecule has 0 unspecified atom stereocenters. The molecule has 20 heavy (non-hydrogen) atoms. The fourth-order valence-electron chi connectivity index (χ4n) is 6.59. The molecule has 0 N–H and O–H groups in total. The second-order valence-corrected chi connectivity index (χ2v) is 8.64. The maximum atomic E-state index is 4.80. The van der Waals surface area contributed by atoms with Crippen molar-refractivity contribution in [2.24, 2.45) is 49.5 Å². The van der Waals surface area contributed by atoms with Gasteiger partial charge in [-0.1, -0.05) is 20.3 Å². The lowest BCUT2D eigenvalue weighted by Gasteiger charge is -2.52. The van der Waals surface area contributed by atoms with Gasteiger partial charge in [-0.3, -0.25) is 0 Å². The Kier molecular flexibility index (Phi) is 1.79. The molecular weight excluding hydrogens is 248 g/mol. The number of rotatable bonds is 0. The lowest BCUT2D eigenvalue weighted by molar-refractivity contribution is 0.00645. The summed E-state index contributed by atoms with van der Waals surface area (Å²) in [5.41, 5.74) is 0.0461. The van der Waals surface area contributed by atoms with Crippen molar-refractivity contribution in [2.45, 2.75) is 70.1 Å². The van der Waals surface area contributed by atoms with E-state index in [1.54, 1.807) is 0 Å². The summed E-state index contributed by atoms with van der Waals surface area (Å²) >= 11 is 0. The first-order valence-corrected chi connectivity index (χ1v) is 8.26. The van der Waals surface area contributed by atoms with Gasteiger partial charge >= 0.3 is 0 Å². The Hall–Kier alpha value is -0.800. The van der Waals surface area contributed by atoms with Gasteiger partial charge in [0.25, 0.3) is 0 Å². The molecule has 8 atom stereocenters. The SMILES string of the molecule is CC1(C)[C@@]2(C)N=N[C@]1(C)[C@@H]1[C@@H]3N=N[C@@H]([C@H]4CCC[C@H]43)[C@@H]12. The molecule has 0 saturated heterocycles. The smallest absolute Gasteiger partial charge is 0.0916 e. The molecule has 6 rings (SSSR count). The first kappa shape index (κ1) is 11.8. The molecular formula is C16H24N4. The zero-order valence-corrected chi connectivity index (χ0v) is 12.9. The summed E-state index contributed by atoms with van der Waals surface area (Å²) in [4.78, 5) is 0. The van der Waals surface area contributed by atoms with Crippen LogP contribution in [0.3, 0.4) is 0 Å². The van der Waals surface area contributed by atoms with Crippen LogP contribution in [0.5, 0.6) is 0 Å². The molecule has 3 saturated carbocycles. The molecule has 3 heterocycles.